The molecule has 0 fully saturated rings. The van der Waals surface area contributed by atoms with E-state index in [1.807, 2.05) is 44.0 Å². The van der Waals surface area contributed by atoms with Gasteiger partial charge in [-0.25, -0.2) is 0 Å². The first-order chi connectivity index (χ1) is 7.97. The zero-order valence-electron chi connectivity index (χ0n) is 10.6. The second-order valence-corrected chi connectivity index (χ2v) is 5.23. The summed E-state index contributed by atoms with van der Waals surface area (Å²) in [6.07, 6.45) is 4.90. The molecule has 0 bridgehead atoms. The number of allylic oxidation sites excluding steroid dienone is 1. The maximum absolute atomic E-state index is 9.93. The molecular formula is C14H19NO2. The average molecular weight is 233 g/mol. The summed E-state index contributed by atoms with van der Waals surface area (Å²) < 4.78 is 5.74. The molecule has 1 aromatic rings. The minimum atomic E-state index is -0.185. The van der Waals surface area contributed by atoms with Crippen LogP contribution in [0.2, 0.25) is 0 Å². The van der Waals surface area contributed by atoms with Crippen molar-refractivity contribution in [2.45, 2.75) is 32.8 Å². The molecule has 0 radical (unpaired) electrons. The Hall–Kier alpha value is -1.48. The summed E-state index contributed by atoms with van der Waals surface area (Å²) in [4.78, 5) is 1.94. The van der Waals surface area contributed by atoms with E-state index in [1.54, 1.807) is 6.07 Å². The van der Waals surface area contributed by atoms with Gasteiger partial charge in [-0.15, -0.1) is 0 Å². The zero-order valence-corrected chi connectivity index (χ0v) is 10.6. The number of ether oxygens (including phenoxy) is 1. The van der Waals surface area contributed by atoms with Crippen molar-refractivity contribution in [1.29, 1.82) is 0 Å². The quantitative estimate of drug-likeness (QED) is 0.852. The molecule has 0 spiro atoms. The standard InChI is InChI=1S/C14H19NO2/c1-14(2,3)17-10-15-9-5-7-11-6-4-8-12(16)13(11)15/h4-6,8-9,16H,7,10H2,1-3H3. The van der Waals surface area contributed by atoms with Crippen molar-refractivity contribution in [3.8, 4) is 5.75 Å². The van der Waals surface area contributed by atoms with Gasteiger partial charge in [-0.05, 0) is 38.8 Å². The maximum atomic E-state index is 9.93. The monoisotopic (exact) mass is 233 g/mol. The molecule has 1 aliphatic heterocycles. The second-order valence-electron chi connectivity index (χ2n) is 5.23. The van der Waals surface area contributed by atoms with Crippen LogP contribution in [0.3, 0.4) is 0 Å². The van der Waals surface area contributed by atoms with Crippen LogP contribution in [-0.4, -0.2) is 17.4 Å². The van der Waals surface area contributed by atoms with Crippen molar-refractivity contribution in [3.63, 3.8) is 0 Å². The van der Waals surface area contributed by atoms with E-state index in [-0.39, 0.29) is 5.60 Å². The van der Waals surface area contributed by atoms with Crippen LogP contribution < -0.4 is 4.90 Å². The second kappa shape index (κ2) is 4.41. The van der Waals surface area contributed by atoms with Crippen molar-refractivity contribution >= 4 is 5.69 Å². The van der Waals surface area contributed by atoms with Crippen LogP contribution >= 0.6 is 0 Å². The molecular weight excluding hydrogens is 214 g/mol. The van der Waals surface area contributed by atoms with E-state index in [0.29, 0.717) is 12.5 Å². The van der Waals surface area contributed by atoms with E-state index < -0.39 is 0 Å². The molecule has 0 amide bonds. The Kier molecular flexibility index (Phi) is 3.11. The van der Waals surface area contributed by atoms with Gasteiger partial charge in [-0.3, -0.25) is 0 Å². The number of rotatable bonds is 2. The molecule has 0 saturated heterocycles. The van der Waals surface area contributed by atoms with Crippen molar-refractivity contribution in [2.75, 3.05) is 11.6 Å². The normalized spacial score (nSPS) is 14.9. The molecule has 0 aromatic heterocycles. The number of nitrogens with zero attached hydrogens (tertiary/aromatic N) is 1. The number of phenolic OH excluding ortho intramolecular Hbond substituents is 1. The van der Waals surface area contributed by atoms with E-state index in [0.717, 1.165) is 17.7 Å². The summed E-state index contributed by atoms with van der Waals surface area (Å²) in [7, 11) is 0. The zero-order chi connectivity index (χ0) is 12.5. The Morgan fingerprint density at radius 3 is 2.82 bits per heavy atom. The van der Waals surface area contributed by atoms with Crippen molar-refractivity contribution in [1.82, 2.24) is 0 Å². The molecule has 0 saturated carbocycles. The molecule has 0 unspecified atom stereocenters. The summed E-state index contributed by atoms with van der Waals surface area (Å²) >= 11 is 0. The lowest BCUT2D eigenvalue weighted by molar-refractivity contribution is 0.000463. The molecule has 3 heteroatoms. The van der Waals surface area contributed by atoms with Crippen LogP contribution in [0.5, 0.6) is 5.75 Å². The Morgan fingerprint density at radius 1 is 1.35 bits per heavy atom. The lowest BCUT2D eigenvalue weighted by Gasteiger charge is -2.30. The average Bonchev–Trinajstić information content (AvgIpc) is 2.25. The summed E-state index contributed by atoms with van der Waals surface area (Å²) in [5, 5.41) is 9.93. The van der Waals surface area contributed by atoms with Gasteiger partial charge in [-0.2, -0.15) is 0 Å². The molecule has 3 nitrogen and oxygen atoms in total. The number of hydrogen-bond donors (Lipinski definition) is 1. The van der Waals surface area contributed by atoms with Gasteiger partial charge in [0.25, 0.3) is 0 Å². The van der Waals surface area contributed by atoms with Crippen LogP contribution in [0.1, 0.15) is 26.3 Å². The third-order valence-corrected chi connectivity index (χ3v) is 2.65. The smallest absolute Gasteiger partial charge is 0.139 e. The van der Waals surface area contributed by atoms with Gasteiger partial charge in [0.15, 0.2) is 0 Å². The lowest BCUT2D eigenvalue weighted by Crippen LogP contribution is -2.30. The molecule has 1 N–H and O–H groups in total. The van der Waals surface area contributed by atoms with Crippen LogP contribution in [-0.2, 0) is 11.2 Å². The first-order valence-corrected chi connectivity index (χ1v) is 5.85. The highest BCUT2D eigenvalue weighted by Crippen LogP contribution is 2.34. The summed E-state index contributed by atoms with van der Waals surface area (Å²) in [6.45, 7) is 6.51. The molecule has 2 rings (SSSR count). The third kappa shape index (κ3) is 2.80. The fourth-order valence-electron chi connectivity index (χ4n) is 1.83. The minimum absolute atomic E-state index is 0.185. The topological polar surface area (TPSA) is 32.7 Å². The number of benzene rings is 1. The van der Waals surface area contributed by atoms with Gasteiger partial charge in [0.05, 0.1) is 11.3 Å². The van der Waals surface area contributed by atoms with Gasteiger partial charge in [-0.1, -0.05) is 18.2 Å². The van der Waals surface area contributed by atoms with Crippen molar-refractivity contribution in [3.05, 3.63) is 36.0 Å². The molecule has 1 aliphatic rings. The fraction of sp³-hybridized carbons (Fsp3) is 0.429. The molecule has 0 aliphatic carbocycles. The van der Waals surface area contributed by atoms with E-state index >= 15 is 0 Å². The first kappa shape index (κ1) is 12.0. The Bertz CT molecular complexity index is 432. The van der Waals surface area contributed by atoms with Crippen LogP contribution in [0.15, 0.2) is 30.5 Å². The molecule has 92 valence electrons. The number of para-hydroxylation sites is 1. The maximum Gasteiger partial charge on any atom is 0.139 e. The number of anilines is 1. The van der Waals surface area contributed by atoms with Gasteiger partial charge in [0, 0.05) is 6.20 Å². The van der Waals surface area contributed by atoms with Gasteiger partial charge in [0.2, 0.25) is 0 Å². The Morgan fingerprint density at radius 2 is 2.12 bits per heavy atom. The predicted octanol–water partition coefficient (Wildman–Crippen LogP) is 3.04. The van der Waals surface area contributed by atoms with Crippen LogP contribution in [0.4, 0.5) is 5.69 Å². The first-order valence-electron chi connectivity index (χ1n) is 5.85. The Labute approximate surface area is 102 Å². The highest BCUT2D eigenvalue weighted by atomic mass is 16.5. The van der Waals surface area contributed by atoms with Gasteiger partial charge < -0.3 is 14.7 Å². The highest BCUT2D eigenvalue weighted by molar-refractivity contribution is 5.66. The van der Waals surface area contributed by atoms with Crippen molar-refractivity contribution in [2.24, 2.45) is 0 Å². The largest absolute Gasteiger partial charge is 0.506 e. The SMILES string of the molecule is CC(C)(C)OCN1C=CCc2cccc(O)c21. The van der Waals surface area contributed by atoms with Gasteiger partial charge >= 0.3 is 0 Å². The number of fused-ring (bicyclic) bond motifs is 1. The van der Waals surface area contributed by atoms with Gasteiger partial charge in [0.1, 0.15) is 12.5 Å². The Balaban J connectivity index is 2.20. The molecule has 1 aromatic carbocycles. The number of hydrogen-bond acceptors (Lipinski definition) is 3. The number of aromatic hydroxyl groups is 1. The summed E-state index contributed by atoms with van der Waals surface area (Å²) in [5.74, 6) is 0.310. The molecule has 17 heavy (non-hydrogen) atoms. The van der Waals surface area contributed by atoms with E-state index in [4.69, 9.17) is 4.74 Å². The molecule has 0 atom stereocenters. The summed E-state index contributed by atoms with van der Waals surface area (Å²) in [6, 6.07) is 5.61. The predicted molar refractivity (Wildman–Crippen MR) is 69.1 cm³/mol. The van der Waals surface area contributed by atoms with Crippen LogP contribution in [0.25, 0.3) is 0 Å². The van der Waals surface area contributed by atoms with Crippen molar-refractivity contribution < 1.29 is 9.84 Å². The van der Waals surface area contributed by atoms with E-state index in [1.165, 1.54) is 0 Å². The van der Waals surface area contributed by atoms with Crippen LogP contribution in [0, 0.1) is 0 Å². The molecule has 1 heterocycles. The third-order valence-electron chi connectivity index (χ3n) is 2.65. The number of phenols is 1. The fourth-order valence-corrected chi connectivity index (χ4v) is 1.83. The minimum Gasteiger partial charge on any atom is -0.506 e. The van der Waals surface area contributed by atoms with E-state index in [2.05, 4.69) is 6.08 Å². The summed E-state index contributed by atoms with van der Waals surface area (Å²) in [5.41, 5.74) is 1.81. The van der Waals surface area contributed by atoms with E-state index in [9.17, 15) is 5.11 Å². The lowest BCUT2D eigenvalue weighted by atomic mass is 10.1. The highest BCUT2D eigenvalue weighted by Gasteiger charge is 2.19.